The molecule has 0 spiro atoms. The van der Waals surface area contributed by atoms with Gasteiger partial charge in [-0.05, 0) is 55.5 Å². The van der Waals surface area contributed by atoms with Crippen molar-refractivity contribution in [1.82, 2.24) is 5.32 Å². The molecule has 30 heavy (non-hydrogen) atoms. The number of hydrogen-bond acceptors (Lipinski definition) is 5. The van der Waals surface area contributed by atoms with E-state index in [2.05, 4.69) is 15.4 Å². The van der Waals surface area contributed by atoms with Crippen LogP contribution < -0.4 is 15.4 Å². The van der Waals surface area contributed by atoms with E-state index in [0.29, 0.717) is 22.8 Å². The van der Waals surface area contributed by atoms with E-state index in [0.717, 1.165) is 10.4 Å². The predicted molar refractivity (Wildman–Crippen MR) is 118 cm³/mol. The van der Waals surface area contributed by atoms with Crippen LogP contribution >= 0.6 is 11.3 Å². The number of sulfonamides is 1. The SMILES string of the molecule is CC(=O)NCc1ccc(C(=O)Nc2ccc(NS(=O)(=O)c3ccc(C)cc3)cc2)s1. The van der Waals surface area contributed by atoms with E-state index >= 15 is 0 Å². The van der Waals surface area contributed by atoms with Gasteiger partial charge in [0.2, 0.25) is 5.91 Å². The van der Waals surface area contributed by atoms with Gasteiger partial charge < -0.3 is 10.6 Å². The third kappa shape index (κ3) is 5.68. The van der Waals surface area contributed by atoms with Crippen molar-refractivity contribution in [3.05, 3.63) is 76.0 Å². The van der Waals surface area contributed by atoms with Crippen LogP contribution in [0.15, 0.2) is 65.6 Å². The van der Waals surface area contributed by atoms with Gasteiger partial charge in [0, 0.05) is 23.2 Å². The molecule has 2 amide bonds. The standard InChI is InChI=1S/C21H21N3O4S2/c1-14-3-10-19(11-4-14)30(27,28)24-17-7-5-16(6-8-17)23-21(26)20-12-9-18(29-20)13-22-15(2)25/h3-12,24H,13H2,1-2H3,(H,22,25)(H,23,26). The predicted octanol–water partition coefficient (Wildman–Crippen LogP) is 3.75. The van der Waals surface area contributed by atoms with E-state index in [1.54, 1.807) is 60.7 Å². The molecule has 0 saturated heterocycles. The summed E-state index contributed by atoms with van der Waals surface area (Å²) in [6.07, 6.45) is 0. The molecular formula is C21H21N3O4S2. The van der Waals surface area contributed by atoms with E-state index in [1.807, 2.05) is 6.92 Å². The number of anilines is 2. The lowest BCUT2D eigenvalue weighted by atomic mass is 10.2. The van der Waals surface area contributed by atoms with E-state index in [1.165, 1.54) is 18.3 Å². The van der Waals surface area contributed by atoms with Gasteiger partial charge in [-0.2, -0.15) is 0 Å². The Morgan fingerprint density at radius 2 is 1.53 bits per heavy atom. The Kier molecular flexibility index (Phi) is 6.53. The summed E-state index contributed by atoms with van der Waals surface area (Å²) >= 11 is 1.29. The molecule has 0 aliphatic carbocycles. The van der Waals surface area contributed by atoms with Crippen molar-refractivity contribution in [2.75, 3.05) is 10.0 Å². The highest BCUT2D eigenvalue weighted by Gasteiger charge is 2.14. The Morgan fingerprint density at radius 1 is 0.900 bits per heavy atom. The van der Waals surface area contributed by atoms with E-state index in [9.17, 15) is 18.0 Å². The van der Waals surface area contributed by atoms with Crippen molar-refractivity contribution in [2.45, 2.75) is 25.3 Å². The molecule has 0 aliphatic heterocycles. The highest BCUT2D eigenvalue weighted by molar-refractivity contribution is 7.92. The molecule has 0 aliphatic rings. The number of rotatable bonds is 7. The summed E-state index contributed by atoms with van der Waals surface area (Å²) in [6.45, 7) is 3.70. The van der Waals surface area contributed by atoms with Crippen molar-refractivity contribution < 1.29 is 18.0 Å². The molecule has 7 nitrogen and oxygen atoms in total. The average molecular weight is 444 g/mol. The van der Waals surface area contributed by atoms with Gasteiger partial charge in [0.1, 0.15) is 0 Å². The maximum absolute atomic E-state index is 12.5. The molecule has 0 radical (unpaired) electrons. The molecule has 1 heterocycles. The Hall–Kier alpha value is -3.17. The molecule has 3 N–H and O–H groups in total. The van der Waals surface area contributed by atoms with E-state index in [-0.39, 0.29) is 16.7 Å². The first-order chi connectivity index (χ1) is 14.2. The number of aryl methyl sites for hydroxylation is 1. The summed E-state index contributed by atoms with van der Waals surface area (Å²) in [6, 6.07) is 16.5. The Labute approximate surface area is 179 Å². The minimum absolute atomic E-state index is 0.132. The fourth-order valence-electron chi connectivity index (χ4n) is 2.55. The monoisotopic (exact) mass is 443 g/mol. The van der Waals surface area contributed by atoms with Crippen molar-refractivity contribution in [1.29, 1.82) is 0 Å². The average Bonchev–Trinajstić information content (AvgIpc) is 3.17. The molecule has 9 heteroatoms. The normalized spacial score (nSPS) is 11.0. The highest BCUT2D eigenvalue weighted by atomic mass is 32.2. The molecule has 0 fully saturated rings. The fraction of sp³-hybridized carbons (Fsp3) is 0.143. The largest absolute Gasteiger partial charge is 0.351 e. The van der Waals surface area contributed by atoms with Gasteiger partial charge in [-0.1, -0.05) is 17.7 Å². The number of carbonyl (C=O) groups is 2. The summed E-state index contributed by atoms with van der Waals surface area (Å²) in [7, 11) is -3.68. The minimum atomic E-state index is -3.68. The van der Waals surface area contributed by atoms with Gasteiger partial charge in [0.05, 0.1) is 16.3 Å². The van der Waals surface area contributed by atoms with Crippen molar-refractivity contribution in [3.8, 4) is 0 Å². The zero-order valence-electron chi connectivity index (χ0n) is 16.4. The molecule has 1 aromatic heterocycles. The van der Waals surface area contributed by atoms with Gasteiger partial charge in [-0.15, -0.1) is 11.3 Å². The van der Waals surface area contributed by atoms with Crippen molar-refractivity contribution in [3.63, 3.8) is 0 Å². The fourth-order valence-corrected chi connectivity index (χ4v) is 4.45. The maximum atomic E-state index is 12.5. The smallest absolute Gasteiger partial charge is 0.265 e. The molecule has 156 valence electrons. The van der Waals surface area contributed by atoms with E-state index < -0.39 is 10.0 Å². The van der Waals surface area contributed by atoms with Crippen LogP contribution in [0.5, 0.6) is 0 Å². The summed E-state index contributed by atoms with van der Waals surface area (Å²) < 4.78 is 27.4. The number of hydrogen-bond donors (Lipinski definition) is 3. The lowest BCUT2D eigenvalue weighted by molar-refractivity contribution is -0.119. The van der Waals surface area contributed by atoms with Crippen LogP contribution in [-0.4, -0.2) is 20.2 Å². The van der Waals surface area contributed by atoms with Gasteiger partial charge in [-0.25, -0.2) is 8.42 Å². The summed E-state index contributed by atoms with van der Waals surface area (Å²) in [5, 5.41) is 5.46. The van der Waals surface area contributed by atoms with Crippen LogP contribution in [0, 0.1) is 6.92 Å². The Bertz CT molecular complexity index is 1150. The highest BCUT2D eigenvalue weighted by Crippen LogP contribution is 2.21. The van der Waals surface area contributed by atoms with Crippen molar-refractivity contribution in [2.24, 2.45) is 0 Å². The molecule has 0 saturated carbocycles. The molecular weight excluding hydrogens is 422 g/mol. The number of amides is 2. The lowest BCUT2D eigenvalue weighted by Crippen LogP contribution is -2.18. The van der Waals surface area contributed by atoms with Crippen LogP contribution in [0.4, 0.5) is 11.4 Å². The third-order valence-corrected chi connectivity index (χ3v) is 6.60. The van der Waals surface area contributed by atoms with Crippen LogP contribution in [-0.2, 0) is 21.4 Å². The first-order valence-electron chi connectivity index (χ1n) is 9.07. The van der Waals surface area contributed by atoms with Gasteiger partial charge in [0.25, 0.3) is 15.9 Å². The Morgan fingerprint density at radius 3 is 2.17 bits per heavy atom. The van der Waals surface area contributed by atoms with Gasteiger partial charge >= 0.3 is 0 Å². The number of nitrogens with one attached hydrogen (secondary N) is 3. The quantitative estimate of drug-likeness (QED) is 0.517. The number of benzene rings is 2. The zero-order valence-corrected chi connectivity index (χ0v) is 18.1. The second-order valence-electron chi connectivity index (χ2n) is 6.63. The third-order valence-electron chi connectivity index (χ3n) is 4.12. The maximum Gasteiger partial charge on any atom is 0.265 e. The van der Waals surface area contributed by atoms with Gasteiger partial charge in [-0.3, -0.25) is 14.3 Å². The summed E-state index contributed by atoms with van der Waals surface area (Å²) in [5.41, 5.74) is 1.90. The van der Waals surface area contributed by atoms with Gasteiger partial charge in [0.15, 0.2) is 0 Å². The first kappa shape index (κ1) is 21.5. The molecule has 2 aromatic carbocycles. The second-order valence-corrected chi connectivity index (χ2v) is 9.48. The molecule has 3 rings (SSSR count). The number of thiophene rings is 1. The Balaban J connectivity index is 1.62. The summed E-state index contributed by atoms with van der Waals surface area (Å²) in [4.78, 5) is 24.9. The number of carbonyl (C=O) groups excluding carboxylic acids is 2. The molecule has 0 bridgehead atoms. The van der Waals surface area contributed by atoms with Crippen LogP contribution in [0.1, 0.15) is 27.0 Å². The van der Waals surface area contributed by atoms with Crippen LogP contribution in [0.2, 0.25) is 0 Å². The topological polar surface area (TPSA) is 104 Å². The van der Waals surface area contributed by atoms with Crippen LogP contribution in [0.3, 0.4) is 0 Å². The molecule has 0 unspecified atom stereocenters. The zero-order chi connectivity index (χ0) is 21.7. The molecule has 3 aromatic rings. The second kappa shape index (κ2) is 9.10. The summed E-state index contributed by atoms with van der Waals surface area (Å²) in [5.74, 6) is -0.408. The lowest BCUT2D eigenvalue weighted by Gasteiger charge is -2.09. The minimum Gasteiger partial charge on any atom is -0.351 e. The van der Waals surface area contributed by atoms with E-state index in [4.69, 9.17) is 0 Å². The van der Waals surface area contributed by atoms with Crippen molar-refractivity contribution >= 4 is 44.5 Å². The van der Waals surface area contributed by atoms with Crippen LogP contribution in [0.25, 0.3) is 0 Å². The molecule has 0 atom stereocenters. The first-order valence-corrected chi connectivity index (χ1v) is 11.4.